The Labute approximate surface area is 179 Å². The van der Waals surface area contributed by atoms with Crippen LogP contribution in [0.25, 0.3) is 0 Å². The van der Waals surface area contributed by atoms with Gasteiger partial charge in [0.05, 0.1) is 12.6 Å². The van der Waals surface area contributed by atoms with Gasteiger partial charge in [0, 0.05) is 17.8 Å². The summed E-state index contributed by atoms with van der Waals surface area (Å²) in [6.45, 7) is 10.5. The van der Waals surface area contributed by atoms with Gasteiger partial charge in [-0.3, -0.25) is 4.79 Å². The molecule has 0 aliphatic rings. The molecule has 5 nitrogen and oxygen atoms in total. The Balaban J connectivity index is 2.08. The highest BCUT2D eigenvalue weighted by Crippen LogP contribution is 2.26. The molecule has 0 aromatic heterocycles. The summed E-state index contributed by atoms with van der Waals surface area (Å²) in [5.74, 6) is 0.315. The molecule has 158 valence electrons. The number of nitrogens with one attached hydrogen (secondary N) is 2. The van der Waals surface area contributed by atoms with Crippen molar-refractivity contribution in [3.05, 3.63) is 76.5 Å². The van der Waals surface area contributed by atoms with Gasteiger partial charge >= 0.3 is 0 Å². The third-order valence-electron chi connectivity index (χ3n) is 5.01. The smallest absolute Gasteiger partial charge is 0.263 e. The Morgan fingerprint density at radius 1 is 1.13 bits per heavy atom. The number of nitrogens with zero attached hydrogens (tertiary/aromatic N) is 1. The van der Waals surface area contributed by atoms with Crippen LogP contribution in [0.5, 0.6) is 5.75 Å². The molecule has 2 rings (SSSR count). The fourth-order valence-corrected chi connectivity index (χ4v) is 3.14. The van der Waals surface area contributed by atoms with Gasteiger partial charge in [0.25, 0.3) is 5.91 Å². The van der Waals surface area contributed by atoms with Crippen LogP contribution in [0.2, 0.25) is 0 Å². The van der Waals surface area contributed by atoms with Crippen molar-refractivity contribution in [2.75, 3.05) is 6.61 Å². The van der Waals surface area contributed by atoms with Gasteiger partial charge in [-0.25, -0.2) is 0 Å². The number of nitriles is 1. The molecule has 1 amide bonds. The summed E-state index contributed by atoms with van der Waals surface area (Å²) >= 11 is 0. The summed E-state index contributed by atoms with van der Waals surface area (Å²) in [5.41, 5.74) is 4.37. The fraction of sp³-hybridized carbons (Fsp3) is 0.360. The highest BCUT2D eigenvalue weighted by atomic mass is 16.5. The number of rotatable bonds is 9. The zero-order chi connectivity index (χ0) is 22.1. The molecular weight excluding hydrogens is 374 g/mol. The predicted octanol–water partition coefficient (Wildman–Crippen LogP) is 4.89. The summed E-state index contributed by atoms with van der Waals surface area (Å²) in [6.07, 6.45) is 2.48. The lowest BCUT2D eigenvalue weighted by molar-refractivity contribution is -0.117. The van der Waals surface area contributed by atoms with Crippen LogP contribution in [0.3, 0.4) is 0 Å². The number of hydrogen-bond acceptors (Lipinski definition) is 4. The molecule has 2 aromatic carbocycles. The van der Waals surface area contributed by atoms with E-state index in [0.29, 0.717) is 6.61 Å². The Morgan fingerprint density at radius 2 is 1.83 bits per heavy atom. The predicted molar refractivity (Wildman–Crippen MR) is 120 cm³/mol. The van der Waals surface area contributed by atoms with E-state index in [1.807, 2.05) is 52.0 Å². The fourth-order valence-electron chi connectivity index (χ4n) is 3.14. The molecule has 0 spiro atoms. The van der Waals surface area contributed by atoms with Crippen LogP contribution in [0, 0.1) is 18.3 Å². The maximum atomic E-state index is 12.7. The van der Waals surface area contributed by atoms with Gasteiger partial charge < -0.3 is 15.4 Å². The van der Waals surface area contributed by atoms with Crippen LogP contribution < -0.4 is 15.4 Å². The van der Waals surface area contributed by atoms with E-state index in [9.17, 15) is 10.1 Å². The third kappa shape index (κ3) is 6.12. The Kier molecular flexibility index (Phi) is 8.49. The SMILES string of the molecule is CCOc1ccc(C)cc1C(C)NC(=O)/C(C#N)=C\NC(C)c1ccc(CC)cc1. The van der Waals surface area contributed by atoms with E-state index in [4.69, 9.17) is 4.74 Å². The van der Waals surface area contributed by atoms with Crippen molar-refractivity contribution in [1.29, 1.82) is 5.26 Å². The first kappa shape index (κ1) is 23.0. The van der Waals surface area contributed by atoms with Crippen molar-refractivity contribution < 1.29 is 9.53 Å². The van der Waals surface area contributed by atoms with Gasteiger partial charge in [0.2, 0.25) is 0 Å². The van der Waals surface area contributed by atoms with Crippen molar-refractivity contribution >= 4 is 5.91 Å². The highest BCUT2D eigenvalue weighted by Gasteiger charge is 2.17. The quantitative estimate of drug-likeness (QED) is 0.460. The molecule has 2 aromatic rings. The number of hydrogen-bond donors (Lipinski definition) is 2. The molecule has 0 aliphatic heterocycles. The summed E-state index contributed by atoms with van der Waals surface area (Å²) in [6, 6.07) is 15.9. The topological polar surface area (TPSA) is 74.1 Å². The molecule has 5 heteroatoms. The number of carbonyl (C=O) groups is 1. The van der Waals surface area contributed by atoms with Gasteiger partial charge in [0.15, 0.2) is 0 Å². The largest absolute Gasteiger partial charge is 0.494 e. The molecule has 0 aliphatic carbocycles. The first-order valence-electron chi connectivity index (χ1n) is 10.4. The molecule has 0 radical (unpaired) electrons. The van der Waals surface area contributed by atoms with Gasteiger partial charge in [-0.15, -0.1) is 0 Å². The normalized spacial score (nSPS) is 13.1. The van der Waals surface area contributed by atoms with Crippen molar-refractivity contribution in [2.24, 2.45) is 0 Å². The zero-order valence-electron chi connectivity index (χ0n) is 18.5. The minimum Gasteiger partial charge on any atom is -0.494 e. The van der Waals surface area contributed by atoms with Crippen LogP contribution in [-0.2, 0) is 11.2 Å². The van der Waals surface area contributed by atoms with Crippen molar-refractivity contribution in [3.8, 4) is 11.8 Å². The second kappa shape index (κ2) is 11.1. The van der Waals surface area contributed by atoms with Crippen LogP contribution >= 0.6 is 0 Å². The van der Waals surface area contributed by atoms with E-state index in [-0.39, 0.29) is 17.7 Å². The first-order chi connectivity index (χ1) is 14.4. The van der Waals surface area contributed by atoms with E-state index in [1.165, 1.54) is 11.8 Å². The molecule has 0 fully saturated rings. The second-order valence-electron chi connectivity index (χ2n) is 7.32. The molecule has 0 heterocycles. The molecule has 0 saturated heterocycles. The van der Waals surface area contributed by atoms with Gasteiger partial charge in [-0.1, -0.05) is 48.9 Å². The highest BCUT2D eigenvalue weighted by molar-refractivity contribution is 5.97. The van der Waals surface area contributed by atoms with E-state index in [2.05, 4.69) is 41.8 Å². The maximum Gasteiger partial charge on any atom is 0.263 e. The lowest BCUT2D eigenvalue weighted by atomic mass is 10.0. The van der Waals surface area contributed by atoms with Gasteiger partial charge in [0.1, 0.15) is 17.4 Å². The molecule has 30 heavy (non-hydrogen) atoms. The van der Waals surface area contributed by atoms with E-state index < -0.39 is 5.91 Å². The molecular formula is C25H31N3O2. The number of aryl methyl sites for hydroxylation is 2. The monoisotopic (exact) mass is 405 g/mol. The average Bonchev–Trinajstić information content (AvgIpc) is 2.75. The summed E-state index contributed by atoms with van der Waals surface area (Å²) in [7, 11) is 0. The third-order valence-corrected chi connectivity index (χ3v) is 5.01. The minimum atomic E-state index is -0.421. The number of ether oxygens (including phenoxy) is 1. The Bertz CT molecular complexity index is 926. The summed E-state index contributed by atoms with van der Waals surface area (Å²) in [5, 5.41) is 15.5. The number of amides is 1. The Hall–Kier alpha value is -3.26. The van der Waals surface area contributed by atoms with Gasteiger partial charge in [-0.05, 0) is 51.3 Å². The van der Waals surface area contributed by atoms with Crippen molar-refractivity contribution in [2.45, 2.75) is 53.1 Å². The van der Waals surface area contributed by atoms with Crippen LogP contribution in [0.1, 0.15) is 62.0 Å². The van der Waals surface area contributed by atoms with Crippen molar-refractivity contribution in [1.82, 2.24) is 10.6 Å². The standard InChI is InChI=1S/C25H31N3O2/c1-6-20-9-11-21(12-10-20)18(4)27-16-22(15-26)25(29)28-19(5)23-14-17(3)8-13-24(23)30-7-2/h8-14,16,18-19,27H,6-7H2,1-5H3,(H,28,29)/b22-16-. The number of carbonyl (C=O) groups excluding carboxylic acids is 1. The molecule has 2 atom stereocenters. The average molecular weight is 406 g/mol. The summed E-state index contributed by atoms with van der Waals surface area (Å²) < 4.78 is 5.68. The minimum absolute atomic E-state index is 0.0224. The van der Waals surface area contributed by atoms with Crippen molar-refractivity contribution in [3.63, 3.8) is 0 Å². The molecule has 0 saturated carbocycles. The van der Waals surface area contributed by atoms with Crippen LogP contribution in [0.4, 0.5) is 0 Å². The van der Waals surface area contributed by atoms with Gasteiger partial charge in [-0.2, -0.15) is 5.26 Å². The zero-order valence-corrected chi connectivity index (χ0v) is 18.5. The number of benzene rings is 2. The van der Waals surface area contributed by atoms with Crippen LogP contribution in [0.15, 0.2) is 54.2 Å². The van der Waals surface area contributed by atoms with E-state index in [0.717, 1.165) is 28.9 Å². The van der Waals surface area contributed by atoms with E-state index >= 15 is 0 Å². The van der Waals surface area contributed by atoms with E-state index in [1.54, 1.807) is 0 Å². The summed E-state index contributed by atoms with van der Waals surface area (Å²) in [4.78, 5) is 12.7. The molecule has 2 unspecified atom stereocenters. The molecule has 2 N–H and O–H groups in total. The maximum absolute atomic E-state index is 12.7. The first-order valence-corrected chi connectivity index (χ1v) is 10.4. The molecule has 0 bridgehead atoms. The lowest BCUT2D eigenvalue weighted by Gasteiger charge is -2.19. The van der Waals surface area contributed by atoms with Crippen LogP contribution in [-0.4, -0.2) is 12.5 Å². The second-order valence-corrected chi connectivity index (χ2v) is 7.32. The lowest BCUT2D eigenvalue weighted by Crippen LogP contribution is -2.29. The Morgan fingerprint density at radius 3 is 2.43 bits per heavy atom.